The molecule has 0 aliphatic carbocycles. The van der Waals surface area contributed by atoms with Gasteiger partial charge in [-0.1, -0.05) is 18.2 Å². The second-order valence-corrected chi connectivity index (χ2v) is 5.75. The molecule has 8 heteroatoms. The summed E-state index contributed by atoms with van der Waals surface area (Å²) in [6.45, 7) is 0. The summed E-state index contributed by atoms with van der Waals surface area (Å²) in [7, 11) is -4.05. The lowest BCUT2D eigenvalue weighted by atomic mass is 10.3. The van der Waals surface area contributed by atoms with Crippen LogP contribution < -0.4 is 5.69 Å². The van der Waals surface area contributed by atoms with Crippen molar-refractivity contribution in [1.29, 1.82) is 0 Å². The summed E-state index contributed by atoms with van der Waals surface area (Å²) in [4.78, 5) is 16.1. The normalized spacial score (nSPS) is 12.0. The molecule has 0 amide bonds. The topological polar surface area (TPSA) is 108 Å². The number of nitrogens with zero attached hydrogens (tertiary/aromatic N) is 1. The third-order valence-electron chi connectivity index (χ3n) is 2.72. The lowest BCUT2D eigenvalue weighted by molar-refractivity contribution is 0.455. The Morgan fingerprint density at radius 2 is 1.89 bits per heavy atom. The Morgan fingerprint density at radius 3 is 2.53 bits per heavy atom. The summed E-state index contributed by atoms with van der Waals surface area (Å²) in [6.07, 6.45) is 0.823. The van der Waals surface area contributed by atoms with Gasteiger partial charge in [-0.15, -0.1) is 0 Å². The Morgan fingerprint density at radius 1 is 1.16 bits per heavy atom. The van der Waals surface area contributed by atoms with Crippen molar-refractivity contribution in [3.63, 3.8) is 0 Å². The summed E-state index contributed by atoms with van der Waals surface area (Å²) < 4.78 is 24.9. The number of H-pyrrole nitrogens is 2. The maximum atomic E-state index is 12.2. The summed E-state index contributed by atoms with van der Waals surface area (Å²) in [6, 6.07) is 8.46. The molecule has 0 bridgehead atoms. The standard InChI is InChI=1S/C11H9N3O4S/c15-9-6-14(11(16)13-9)19(17,18)10-5-7-3-1-2-4-8(7)12-10/h1-6,12,15H,(H,13,16). The van der Waals surface area contributed by atoms with Crippen LogP contribution in [0.2, 0.25) is 0 Å². The molecule has 0 aliphatic rings. The summed E-state index contributed by atoms with van der Waals surface area (Å²) in [5, 5.41) is 9.73. The van der Waals surface area contributed by atoms with E-state index in [0.717, 1.165) is 6.20 Å². The highest BCUT2D eigenvalue weighted by Crippen LogP contribution is 2.20. The van der Waals surface area contributed by atoms with Crippen molar-refractivity contribution in [3.05, 3.63) is 47.0 Å². The van der Waals surface area contributed by atoms with Crippen molar-refractivity contribution in [3.8, 4) is 5.88 Å². The van der Waals surface area contributed by atoms with Crippen LogP contribution in [0.25, 0.3) is 10.9 Å². The molecule has 3 aromatic rings. The second kappa shape index (κ2) is 3.75. The number of benzene rings is 1. The average Bonchev–Trinajstić information content (AvgIpc) is 2.92. The van der Waals surface area contributed by atoms with Crippen LogP contribution in [0.5, 0.6) is 5.88 Å². The molecule has 0 atom stereocenters. The van der Waals surface area contributed by atoms with E-state index in [1.54, 1.807) is 24.3 Å². The van der Waals surface area contributed by atoms with E-state index in [-0.39, 0.29) is 5.03 Å². The largest absolute Gasteiger partial charge is 0.493 e. The molecule has 0 aliphatic heterocycles. The van der Waals surface area contributed by atoms with Crippen LogP contribution in [0.4, 0.5) is 0 Å². The van der Waals surface area contributed by atoms with E-state index in [1.807, 2.05) is 4.98 Å². The molecule has 3 N–H and O–H groups in total. The Kier molecular flexibility index (Phi) is 2.29. The number of aromatic amines is 2. The maximum absolute atomic E-state index is 12.2. The molecule has 0 saturated heterocycles. The highest BCUT2D eigenvalue weighted by molar-refractivity contribution is 7.89. The van der Waals surface area contributed by atoms with Crippen LogP contribution in [0, 0.1) is 0 Å². The fraction of sp³-hybridized carbons (Fsp3) is 0. The summed E-state index contributed by atoms with van der Waals surface area (Å²) >= 11 is 0. The van der Waals surface area contributed by atoms with Gasteiger partial charge in [-0.3, -0.25) is 4.98 Å². The van der Waals surface area contributed by atoms with Crippen molar-refractivity contribution in [2.45, 2.75) is 5.03 Å². The number of hydrogen-bond donors (Lipinski definition) is 3. The van der Waals surface area contributed by atoms with Gasteiger partial charge in [-0.05, 0) is 12.1 Å². The lowest BCUT2D eigenvalue weighted by Gasteiger charge is -1.99. The predicted molar refractivity (Wildman–Crippen MR) is 67.6 cm³/mol. The highest BCUT2D eigenvalue weighted by Gasteiger charge is 2.22. The number of aromatic hydroxyl groups is 1. The van der Waals surface area contributed by atoms with Gasteiger partial charge in [0.2, 0.25) is 5.88 Å². The summed E-state index contributed by atoms with van der Waals surface area (Å²) in [5.74, 6) is -0.510. The van der Waals surface area contributed by atoms with E-state index in [0.29, 0.717) is 14.9 Å². The maximum Gasteiger partial charge on any atom is 0.342 e. The van der Waals surface area contributed by atoms with E-state index in [4.69, 9.17) is 5.11 Å². The number of hydrogen-bond acceptors (Lipinski definition) is 4. The third-order valence-corrected chi connectivity index (χ3v) is 4.28. The molecule has 0 unspecified atom stereocenters. The van der Waals surface area contributed by atoms with Crippen LogP contribution in [-0.4, -0.2) is 27.5 Å². The first-order valence-corrected chi connectivity index (χ1v) is 6.76. The van der Waals surface area contributed by atoms with E-state index in [2.05, 4.69) is 4.98 Å². The predicted octanol–water partition coefficient (Wildman–Crippen LogP) is 0.600. The van der Waals surface area contributed by atoms with Crippen molar-refractivity contribution in [1.82, 2.24) is 13.9 Å². The number of imidazole rings is 1. The SMILES string of the molecule is O=c1[nH]c(O)cn1S(=O)(=O)c1cc2ccccc2[nH]1. The molecule has 0 spiro atoms. The minimum Gasteiger partial charge on any atom is -0.493 e. The number of para-hydroxylation sites is 1. The number of nitrogens with one attached hydrogen (secondary N) is 2. The van der Waals surface area contributed by atoms with Crippen molar-refractivity contribution in [2.24, 2.45) is 0 Å². The van der Waals surface area contributed by atoms with E-state index in [1.165, 1.54) is 6.07 Å². The average molecular weight is 279 g/mol. The molecule has 98 valence electrons. The smallest absolute Gasteiger partial charge is 0.342 e. The highest BCUT2D eigenvalue weighted by atomic mass is 32.2. The molecule has 3 rings (SSSR count). The molecule has 0 radical (unpaired) electrons. The Balaban J connectivity index is 2.25. The van der Waals surface area contributed by atoms with Gasteiger partial charge in [-0.25, -0.2) is 4.79 Å². The monoisotopic (exact) mass is 279 g/mol. The van der Waals surface area contributed by atoms with Gasteiger partial charge >= 0.3 is 5.69 Å². The van der Waals surface area contributed by atoms with Crippen molar-refractivity contribution in [2.75, 3.05) is 0 Å². The van der Waals surface area contributed by atoms with Gasteiger partial charge in [0.25, 0.3) is 10.0 Å². The van der Waals surface area contributed by atoms with Crippen LogP contribution in [0.1, 0.15) is 0 Å². The minimum absolute atomic E-state index is 0.116. The Labute approximate surface area is 107 Å². The molecule has 2 aromatic heterocycles. The van der Waals surface area contributed by atoms with Gasteiger partial charge in [0.15, 0.2) is 5.03 Å². The zero-order valence-electron chi connectivity index (χ0n) is 9.49. The molecule has 0 saturated carbocycles. The number of fused-ring (bicyclic) bond motifs is 1. The Bertz CT molecular complexity index is 884. The van der Waals surface area contributed by atoms with Crippen molar-refractivity contribution >= 4 is 20.9 Å². The zero-order valence-corrected chi connectivity index (χ0v) is 10.3. The van der Waals surface area contributed by atoms with Gasteiger partial charge in [0.1, 0.15) is 0 Å². The van der Waals surface area contributed by atoms with E-state index >= 15 is 0 Å². The van der Waals surface area contributed by atoms with Crippen LogP contribution in [0.15, 0.2) is 46.3 Å². The van der Waals surface area contributed by atoms with Crippen LogP contribution in [-0.2, 0) is 10.0 Å². The number of aromatic nitrogens is 3. The lowest BCUT2D eigenvalue weighted by Crippen LogP contribution is -2.24. The molecular weight excluding hydrogens is 270 g/mol. The fourth-order valence-corrected chi connectivity index (χ4v) is 3.07. The second-order valence-electron chi connectivity index (χ2n) is 3.97. The zero-order chi connectivity index (χ0) is 13.6. The van der Waals surface area contributed by atoms with Crippen LogP contribution >= 0.6 is 0 Å². The molecule has 19 heavy (non-hydrogen) atoms. The molecule has 2 heterocycles. The molecular formula is C11H9N3O4S. The van der Waals surface area contributed by atoms with Gasteiger partial charge in [0, 0.05) is 10.9 Å². The fourth-order valence-electron chi connectivity index (χ4n) is 1.84. The quantitative estimate of drug-likeness (QED) is 0.638. The van der Waals surface area contributed by atoms with Gasteiger partial charge in [0.05, 0.1) is 6.20 Å². The third kappa shape index (κ3) is 1.73. The molecule has 1 aromatic carbocycles. The van der Waals surface area contributed by atoms with E-state index < -0.39 is 21.6 Å². The van der Waals surface area contributed by atoms with Crippen molar-refractivity contribution < 1.29 is 13.5 Å². The van der Waals surface area contributed by atoms with Gasteiger partial charge in [-0.2, -0.15) is 12.4 Å². The minimum atomic E-state index is -4.05. The first-order chi connectivity index (χ1) is 8.98. The summed E-state index contributed by atoms with van der Waals surface area (Å²) in [5.41, 5.74) is -0.273. The number of rotatable bonds is 2. The van der Waals surface area contributed by atoms with Crippen LogP contribution in [0.3, 0.4) is 0 Å². The first-order valence-electron chi connectivity index (χ1n) is 5.32. The molecule has 7 nitrogen and oxygen atoms in total. The van der Waals surface area contributed by atoms with Gasteiger partial charge < -0.3 is 10.1 Å². The van der Waals surface area contributed by atoms with E-state index in [9.17, 15) is 13.2 Å². The molecule has 0 fully saturated rings. The Hall–Kier alpha value is -2.48. The first kappa shape index (κ1) is 11.6.